The van der Waals surface area contributed by atoms with Gasteiger partial charge in [-0.1, -0.05) is 18.2 Å². The molecular weight excluding hydrogens is 353 g/mol. The van der Waals surface area contributed by atoms with Gasteiger partial charge in [-0.05, 0) is 42.0 Å². The first-order valence-electron chi connectivity index (χ1n) is 9.22. The number of hydrogen-bond donors (Lipinski definition) is 2. The molecule has 3 heterocycles. The number of nitrogens with one attached hydrogen (secondary N) is 2. The van der Waals surface area contributed by atoms with E-state index in [4.69, 9.17) is 0 Å². The summed E-state index contributed by atoms with van der Waals surface area (Å²) in [6, 6.07) is 14.4. The molecule has 0 aliphatic carbocycles. The number of hydrogen-bond acceptors (Lipinski definition) is 4. The van der Waals surface area contributed by atoms with Crippen molar-refractivity contribution in [2.75, 3.05) is 31.1 Å². The van der Waals surface area contributed by atoms with Crippen LogP contribution >= 0.6 is 0 Å². The number of nitriles is 1. The lowest BCUT2D eigenvalue weighted by atomic mass is 10.1. The van der Waals surface area contributed by atoms with Gasteiger partial charge in [0.15, 0.2) is 0 Å². The number of aromatic nitrogens is 2. The summed E-state index contributed by atoms with van der Waals surface area (Å²) in [6.07, 6.45) is 5.53. The van der Waals surface area contributed by atoms with Crippen molar-refractivity contribution < 1.29 is 4.39 Å². The number of aromatic amines is 1. The lowest BCUT2D eigenvalue weighted by molar-refractivity contribution is 0.585. The van der Waals surface area contributed by atoms with Crippen LogP contribution in [-0.2, 0) is 0 Å². The molecule has 0 radical (unpaired) electrons. The smallest absolute Gasteiger partial charge is 0.124 e. The maximum absolute atomic E-state index is 13.0. The lowest BCUT2D eigenvalue weighted by Crippen LogP contribution is -2.44. The van der Waals surface area contributed by atoms with E-state index in [0.717, 1.165) is 54.5 Å². The van der Waals surface area contributed by atoms with Crippen LogP contribution in [0.25, 0.3) is 23.4 Å². The summed E-state index contributed by atoms with van der Waals surface area (Å²) >= 11 is 0. The standard InChI is InChI=1S/C22H20FN5/c23-19-4-1-16(2-5-19)3-6-20-13-17(7-8-26-20)21-14-18(15-24)22(27-21)28-11-9-25-10-12-28/h1-8,13-14,25,27H,9-12H2/b6-3+. The summed E-state index contributed by atoms with van der Waals surface area (Å²) in [5, 5.41) is 12.9. The van der Waals surface area contributed by atoms with Gasteiger partial charge in [0, 0.05) is 43.6 Å². The quantitative estimate of drug-likeness (QED) is 0.732. The van der Waals surface area contributed by atoms with Crippen molar-refractivity contribution in [3.05, 3.63) is 71.3 Å². The van der Waals surface area contributed by atoms with Gasteiger partial charge in [-0.25, -0.2) is 4.39 Å². The summed E-state index contributed by atoms with van der Waals surface area (Å²) in [7, 11) is 0. The maximum Gasteiger partial charge on any atom is 0.124 e. The van der Waals surface area contributed by atoms with E-state index in [1.54, 1.807) is 18.3 Å². The van der Waals surface area contributed by atoms with Crippen LogP contribution in [0.5, 0.6) is 0 Å². The highest BCUT2D eigenvalue weighted by Crippen LogP contribution is 2.28. The third kappa shape index (κ3) is 3.95. The molecule has 1 aromatic carbocycles. The highest BCUT2D eigenvalue weighted by Gasteiger charge is 2.17. The van der Waals surface area contributed by atoms with E-state index < -0.39 is 0 Å². The average molecular weight is 373 g/mol. The minimum absolute atomic E-state index is 0.252. The first-order valence-corrected chi connectivity index (χ1v) is 9.22. The molecule has 3 aromatic rings. The second-order valence-corrected chi connectivity index (χ2v) is 6.65. The Morgan fingerprint density at radius 3 is 2.61 bits per heavy atom. The van der Waals surface area contributed by atoms with E-state index in [9.17, 15) is 9.65 Å². The van der Waals surface area contributed by atoms with Gasteiger partial charge in [0.2, 0.25) is 0 Å². The van der Waals surface area contributed by atoms with E-state index in [-0.39, 0.29) is 5.82 Å². The first kappa shape index (κ1) is 18.0. The van der Waals surface area contributed by atoms with Gasteiger partial charge in [-0.3, -0.25) is 4.98 Å². The van der Waals surface area contributed by atoms with Gasteiger partial charge in [-0.15, -0.1) is 0 Å². The zero-order valence-electron chi connectivity index (χ0n) is 15.3. The molecule has 4 rings (SSSR count). The van der Waals surface area contributed by atoms with Gasteiger partial charge in [0.05, 0.1) is 11.3 Å². The Hall–Kier alpha value is -3.43. The molecule has 28 heavy (non-hydrogen) atoms. The summed E-state index contributed by atoms with van der Waals surface area (Å²) in [4.78, 5) is 9.99. The van der Waals surface area contributed by atoms with Crippen LogP contribution in [-0.4, -0.2) is 36.1 Å². The molecule has 1 aliphatic heterocycles. The van der Waals surface area contributed by atoms with Gasteiger partial charge in [0.25, 0.3) is 0 Å². The van der Waals surface area contributed by atoms with Gasteiger partial charge < -0.3 is 15.2 Å². The molecule has 0 spiro atoms. The van der Waals surface area contributed by atoms with Crippen molar-refractivity contribution in [3.63, 3.8) is 0 Å². The minimum atomic E-state index is -0.252. The molecule has 1 aliphatic rings. The second kappa shape index (κ2) is 8.07. The van der Waals surface area contributed by atoms with Crippen LogP contribution in [0.1, 0.15) is 16.8 Å². The highest BCUT2D eigenvalue weighted by molar-refractivity contribution is 5.73. The van der Waals surface area contributed by atoms with Crippen molar-refractivity contribution in [3.8, 4) is 17.3 Å². The minimum Gasteiger partial charge on any atom is -0.355 e. The number of piperazine rings is 1. The maximum atomic E-state index is 13.0. The molecule has 0 amide bonds. The summed E-state index contributed by atoms with van der Waals surface area (Å²) in [5.41, 5.74) is 4.20. The Bertz CT molecular complexity index is 1020. The van der Waals surface area contributed by atoms with Crippen LogP contribution in [0.4, 0.5) is 10.2 Å². The van der Waals surface area contributed by atoms with Crippen LogP contribution in [0.2, 0.25) is 0 Å². The fraction of sp³-hybridized carbons (Fsp3) is 0.182. The SMILES string of the molecule is N#Cc1cc(-c2ccnc(/C=C/c3ccc(F)cc3)c2)[nH]c1N1CCNCC1. The molecule has 5 nitrogen and oxygen atoms in total. The zero-order valence-corrected chi connectivity index (χ0v) is 15.3. The first-order chi connectivity index (χ1) is 13.7. The summed E-state index contributed by atoms with van der Waals surface area (Å²) in [6.45, 7) is 3.56. The second-order valence-electron chi connectivity index (χ2n) is 6.65. The fourth-order valence-corrected chi connectivity index (χ4v) is 3.28. The number of pyridine rings is 1. The van der Waals surface area contributed by atoms with E-state index in [0.29, 0.717) is 5.56 Å². The topological polar surface area (TPSA) is 67.7 Å². The zero-order chi connectivity index (χ0) is 19.3. The fourth-order valence-electron chi connectivity index (χ4n) is 3.28. The molecule has 2 N–H and O–H groups in total. The number of H-pyrrole nitrogens is 1. The van der Waals surface area contributed by atoms with Crippen LogP contribution < -0.4 is 10.2 Å². The molecule has 140 valence electrons. The molecule has 1 saturated heterocycles. The molecule has 1 fully saturated rings. The number of anilines is 1. The molecular formula is C22H20FN5. The number of rotatable bonds is 4. The normalized spacial score (nSPS) is 14.4. The number of benzene rings is 1. The Kier molecular flexibility index (Phi) is 5.18. The Morgan fingerprint density at radius 2 is 1.86 bits per heavy atom. The lowest BCUT2D eigenvalue weighted by Gasteiger charge is -2.28. The third-order valence-electron chi connectivity index (χ3n) is 4.76. The van der Waals surface area contributed by atoms with Crippen LogP contribution in [0.15, 0.2) is 48.7 Å². The van der Waals surface area contributed by atoms with Gasteiger partial charge in [0.1, 0.15) is 17.7 Å². The van der Waals surface area contributed by atoms with E-state index in [2.05, 4.69) is 26.3 Å². The number of halogens is 1. The molecule has 0 saturated carbocycles. The monoisotopic (exact) mass is 373 g/mol. The van der Waals surface area contributed by atoms with Crippen LogP contribution in [0, 0.1) is 17.1 Å². The van der Waals surface area contributed by atoms with E-state index >= 15 is 0 Å². The average Bonchev–Trinajstić information content (AvgIpc) is 3.19. The third-order valence-corrected chi connectivity index (χ3v) is 4.76. The van der Waals surface area contributed by atoms with Crippen molar-refractivity contribution in [1.29, 1.82) is 5.26 Å². The van der Waals surface area contributed by atoms with Crippen molar-refractivity contribution in [2.24, 2.45) is 0 Å². The van der Waals surface area contributed by atoms with Gasteiger partial charge >= 0.3 is 0 Å². The number of nitrogens with zero attached hydrogens (tertiary/aromatic N) is 3. The van der Waals surface area contributed by atoms with Gasteiger partial charge in [-0.2, -0.15) is 5.26 Å². The van der Waals surface area contributed by atoms with Crippen molar-refractivity contribution in [2.45, 2.75) is 0 Å². The molecule has 0 atom stereocenters. The predicted molar refractivity (Wildman–Crippen MR) is 109 cm³/mol. The molecule has 2 aromatic heterocycles. The Morgan fingerprint density at radius 1 is 1.07 bits per heavy atom. The van der Waals surface area contributed by atoms with E-state index in [1.165, 1.54) is 12.1 Å². The molecule has 0 unspecified atom stereocenters. The summed E-state index contributed by atoms with van der Waals surface area (Å²) < 4.78 is 13.0. The molecule has 6 heteroatoms. The predicted octanol–water partition coefficient (Wildman–Crippen LogP) is 3.67. The Labute approximate surface area is 163 Å². The van der Waals surface area contributed by atoms with E-state index in [1.807, 2.05) is 30.4 Å². The van der Waals surface area contributed by atoms with Crippen molar-refractivity contribution >= 4 is 18.0 Å². The molecule has 0 bridgehead atoms. The Balaban J connectivity index is 1.59. The highest BCUT2D eigenvalue weighted by atomic mass is 19.1. The largest absolute Gasteiger partial charge is 0.355 e. The van der Waals surface area contributed by atoms with Crippen LogP contribution in [0.3, 0.4) is 0 Å². The summed E-state index contributed by atoms with van der Waals surface area (Å²) in [5.74, 6) is 0.622. The van der Waals surface area contributed by atoms with Crippen molar-refractivity contribution in [1.82, 2.24) is 15.3 Å².